The quantitative estimate of drug-likeness (QED) is 0.409. The summed E-state index contributed by atoms with van der Waals surface area (Å²) < 4.78 is 29.8. The van der Waals surface area contributed by atoms with E-state index in [-0.39, 0.29) is 6.54 Å². The van der Waals surface area contributed by atoms with Gasteiger partial charge in [0.05, 0.1) is 6.10 Å². The number of fused-ring (bicyclic) bond motifs is 1. The molecule has 2 aromatic heterocycles. The Morgan fingerprint density at radius 2 is 1.97 bits per heavy atom. The Kier molecular flexibility index (Phi) is 7.24. The van der Waals surface area contributed by atoms with E-state index in [0.717, 1.165) is 35.5 Å². The Hall–Kier alpha value is -2.27. The third-order valence-electron chi connectivity index (χ3n) is 4.86. The zero-order chi connectivity index (χ0) is 21.7. The molecule has 1 atom stereocenters. The molecular formula is C20H25N3O5S2. The number of aromatic nitrogens is 2. The molecule has 0 aliphatic carbocycles. The summed E-state index contributed by atoms with van der Waals surface area (Å²) in [5.74, 6) is 0. The molecule has 0 spiro atoms. The third-order valence-corrected chi connectivity index (χ3v) is 7.26. The highest BCUT2D eigenvalue weighted by Gasteiger charge is 2.22. The van der Waals surface area contributed by atoms with E-state index in [0.29, 0.717) is 18.5 Å². The van der Waals surface area contributed by atoms with Gasteiger partial charge in [0, 0.05) is 29.5 Å². The van der Waals surface area contributed by atoms with Gasteiger partial charge in [-0.15, -0.1) is 11.3 Å². The minimum atomic E-state index is -4.21. The first-order valence-electron chi connectivity index (χ1n) is 9.81. The number of rotatable bonds is 10. The standard InChI is InChI=1S/C20H25N3O5S2/c1-2-3-4-7-10-23-12-18(19(25)22-20(23)26)30(27,28)21-11-16(24)15-13-29-17-9-6-5-8-14(15)17/h5-6,8-9,12-13,16,21,24H,2-4,7,10-11H2,1H3,(H,22,25,26). The SMILES string of the molecule is CCCCCCn1cc(S(=O)(=O)NCC(O)c2csc3ccccc23)c(=O)[nH]c1=O. The Balaban J connectivity index is 1.76. The van der Waals surface area contributed by atoms with Gasteiger partial charge in [-0.25, -0.2) is 17.9 Å². The van der Waals surface area contributed by atoms with Crippen LogP contribution >= 0.6 is 11.3 Å². The smallest absolute Gasteiger partial charge is 0.328 e. The fraction of sp³-hybridized carbons (Fsp3) is 0.400. The van der Waals surface area contributed by atoms with Crippen LogP contribution in [0.4, 0.5) is 0 Å². The molecule has 0 amide bonds. The van der Waals surface area contributed by atoms with Crippen LogP contribution in [0.15, 0.2) is 50.3 Å². The molecule has 0 aliphatic rings. The topological polar surface area (TPSA) is 121 Å². The molecule has 2 heterocycles. The maximum atomic E-state index is 12.7. The van der Waals surface area contributed by atoms with Crippen LogP contribution < -0.4 is 16.0 Å². The van der Waals surface area contributed by atoms with Crippen LogP contribution in [0.25, 0.3) is 10.1 Å². The monoisotopic (exact) mass is 451 g/mol. The molecular weight excluding hydrogens is 426 g/mol. The highest BCUT2D eigenvalue weighted by Crippen LogP contribution is 2.30. The van der Waals surface area contributed by atoms with E-state index in [9.17, 15) is 23.1 Å². The van der Waals surface area contributed by atoms with E-state index in [1.807, 2.05) is 24.3 Å². The molecule has 0 bridgehead atoms. The van der Waals surface area contributed by atoms with Gasteiger partial charge in [-0.05, 0) is 23.3 Å². The summed E-state index contributed by atoms with van der Waals surface area (Å²) in [7, 11) is -4.21. The van der Waals surface area contributed by atoms with Crippen LogP contribution in [-0.4, -0.2) is 29.6 Å². The summed E-state index contributed by atoms with van der Waals surface area (Å²) >= 11 is 1.46. The molecule has 0 saturated heterocycles. The molecule has 8 nitrogen and oxygen atoms in total. The number of aryl methyl sites for hydroxylation is 1. The van der Waals surface area contributed by atoms with E-state index >= 15 is 0 Å². The molecule has 10 heteroatoms. The van der Waals surface area contributed by atoms with Gasteiger partial charge in [-0.3, -0.25) is 14.3 Å². The maximum absolute atomic E-state index is 12.7. The highest BCUT2D eigenvalue weighted by atomic mass is 32.2. The zero-order valence-corrected chi connectivity index (χ0v) is 18.3. The number of unbranched alkanes of at least 4 members (excludes halogenated alkanes) is 3. The Bertz CT molecular complexity index is 1230. The number of aromatic amines is 1. The van der Waals surface area contributed by atoms with E-state index in [1.54, 1.807) is 5.38 Å². The number of nitrogens with one attached hydrogen (secondary N) is 2. The second-order valence-corrected chi connectivity index (χ2v) is 9.71. The molecule has 1 aromatic carbocycles. The largest absolute Gasteiger partial charge is 0.387 e. The lowest BCUT2D eigenvalue weighted by molar-refractivity contribution is 0.184. The Labute approximate surface area is 178 Å². The van der Waals surface area contributed by atoms with Crippen molar-refractivity contribution in [2.24, 2.45) is 0 Å². The van der Waals surface area contributed by atoms with E-state index in [1.165, 1.54) is 15.9 Å². The van der Waals surface area contributed by atoms with Gasteiger partial charge in [0.15, 0.2) is 4.90 Å². The minimum absolute atomic E-state index is 0.294. The second-order valence-electron chi connectivity index (χ2n) is 7.06. The number of thiophene rings is 1. The molecule has 3 N–H and O–H groups in total. The normalized spacial score (nSPS) is 13.0. The van der Waals surface area contributed by atoms with Crippen LogP contribution in [-0.2, 0) is 16.6 Å². The number of H-pyrrole nitrogens is 1. The van der Waals surface area contributed by atoms with E-state index < -0.39 is 32.3 Å². The van der Waals surface area contributed by atoms with Gasteiger partial charge < -0.3 is 5.11 Å². The van der Waals surface area contributed by atoms with Crippen LogP contribution in [0.1, 0.15) is 44.3 Å². The lowest BCUT2D eigenvalue weighted by Gasteiger charge is -2.13. The average molecular weight is 452 g/mol. The van der Waals surface area contributed by atoms with Crippen molar-refractivity contribution >= 4 is 31.4 Å². The molecule has 0 radical (unpaired) electrons. The number of aliphatic hydroxyl groups is 1. The summed E-state index contributed by atoms with van der Waals surface area (Å²) in [6, 6.07) is 7.52. The van der Waals surface area contributed by atoms with Gasteiger partial charge in [-0.1, -0.05) is 44.4 Å². The van der Waals surface area contributed by atoms with Gasteiger partial charge in [-0.2, -0.15) is 0 Å². The zero-order valence-electron chi connectivity index (χ0n) is 16.6. The second kappa shape index (κ2) is 9.69. The molecule has 3 aromatic rings. The van der Waals surface area contributed by atoms with Crippen molar-refractivity contribution in [3.05, 3.63) is 62.2 Å². The van der Waals surface area contributed by atoms with Crippen LogP contribution in [0.3, 0.4) is 0 Å². The first kappa shape index (κ1) is 22.4. The maximum Gasteiger partial charge on any atom is 0.328 e. The van der Waals surface area contributed by atoms with Crippen molar-refractivity contribution in [3.63, 3.8) is 0 Å². The minimum Gasteiger partial charge on any atom is -0.387 e. The van der Waals surface area contributed by atoms with Crippen molar-refractivity contribution < 1.29 is 13.5 Å². The molecule has 30 heavy (non-hydrogen) atoms. The van der Waals surface area contributed by atoms with Crippen LogP contribution in [0, 0.1) is 0 Å². The number of hydrogen-bond acceptors (Lipinski definition) is 6. The number of aliphatic hydroxyl groups excluding tert-OH is 1. The first-order valence-corrected chi connectivity index (χ1v) is 12.2. The van der Waals surface area contributed by atoms with Crippen molar-refractivity contribution in [1.82, 2.24) is 14.3 Å². The van der Waals surface area contributed by atoms with Gasteiger partial charge in [0.25, 0.3) is 5.56 Å². The fourth-order valence-corrected chi connectivity index (χ4v) is 5.29. The summed E-state index contributed by atoms with van der Waals surface area (Å²) in [5, 5.41) is 13.1. The van der Waals surface area contributed by atoms with Crippen LogP contribution in [0.2, 0.25) is 0 Å². The average Bonchev–Trinajstić information content (AvgIpc) is 3.15. The highest BCUT2D eigenvalue weighted by molar-refractivity contribution is 7.89. The van der Waals surface area contributed by atoms with Gasteiger partial charge in [0.1, 0.15) is 0 Å². The van der Waals surface area contributed by atoms with Crippen LogP contribution in [0.5, 0.6) is 0 Å². The lowest BCUT2D eigenvalue weighted by atomic mass is 10.1. The number of benzene rings is 1. The fourth-order valence-electron chi connectivity index (χ4n) is 3.19. The molecule has 0 fully saturated rings. The first-order chi connectivity index (χ1) is 14.3. The van der Waals surface area contributed by atoms with E-state index in [2.05, 4.69) is 16.6 Å². The lowest BCUT2D eigenvalue weighted by Crippen LogP contribution is -2.37. The third kappa shape index (κ3) is 5.07. The predicted octanol–water partition coefficient (Wildman–Crippen LogP) is 2.34. The molecule has 0 aliphatic heterocycles. The van der Waals surface area contributed by atoms with Crippen molar-refractivity contribution in [3.8, 4) is 0 Å². The van der Waals surface area contributed by atoms with Crippen molar-refractivity contribution in [2.75, 3.05) is 6.54 Å². The van der Waals surface area contributed by atoms with Gasteiger partial charge in [0.2, 0.25) is 10.0 Å². The molecule has 0 saturated carbocycles. The summed E-state index contributed by atoms with van der Waals surface area (Å²) in [5.41, 5.74) is -0.999. The molecule has 162 valence electrons. The van der Waals surface area contributed by atoms with Crippen molar-refractivity contribution in [2.45, 2.75) is 50.2 Å². The summed E-state index contributed by atoms with van der Waals surface area (Å²) in [6.45, 7) is 2.09. The number of sulfonamides is 1. The molecule has 3 rings (SSSR count). The summed E-state index contributed by atoms with van der Waals surface area (Å²) in [6.07, 6.45) is 3.66. The Morgan fingerprint density at radius 3 is 2.73 bits per heavy atom. The van der Waals surface area contributed by atoms with Crippen molar-refractivity contribution in [1.29, 1.82) is 0 Å². The van der Waals surface area contributed by atoms with Gasteiger partial charge >= 0.3 is 5.69 Å². The van der Waals surface area contributed by atoms with E-state index in [4.69, 9.17) is 0 Å². The number of hydrogen-bond donors (Lipinski definition) is 3. The predicted molar refractivity (Wildman–Crippen MR) is 117 cm³/mol. The summed E-state index contributed by atoms with van der Waals surface area (Å²) in [4.78, 5) is 25.6. The number of nitrogens with zero attached hydrogens (tertiary/aromatic N) is 1. The molecule has 1 unspecified atom stereocenters. The Morgan fingerprint density at radius 1 is 1.20 bits per heavy atom.